The standard InChI is InChI=1S/C16H28BrN3/c1-12-14(11-17)15(19(5)18-12)20-9-6-7-13(8-10-20)16(2,3)4/h13H,6-11H2,1-5H3. The Morgan fingerprint density at radius 2 is 1.95 bits per heavy atom. The number of rotatable bonds is 2. The third-order valence-corrected chi connectivity index (χ3v) is 5.26. The van der Waals surface area contributed by atoms with Crippen molar-refractivity contribution in [2.24, 2.45) is 18.4 Å². The zero-order valence-electron chi connectivity index (χ0n) is 13.5. The monoisotopic (exact) mass is 341 g/mol. The average Bonchev–Trinajstić information content (AvgIpc) is 2.55. The molecule has 0 N–H and O–H groups in total. The number of alkyl halides is 1. The first-order chi connectivity index (χ1) is 9.34. The van der Waals surface area contributed by atoms with E-state index >= 15 is 0 Å². The highest BCUT2D eigenvalue weighted by Crippen LogP contribution is 2.36. The van der Waals surface area contributed by atoms with Gasteiger partial charge in [-0.2, -0.15) is 5.10 Å². The van der Waals surface area contributed by atoms with E-state index in [4.69, 9.17) is 0 Å². The molecule has 0 aliphatic carbocycles. The Balaban J connectivity index is 2.19. The molecule has 1 aliphatic rings. The van der Waals surface area contributed by atoms with Gasteiger partial charge in [-0.25, -0.2) is 0 Å². The molecule has 0 aromatic carbocycles. The third kappa shape index (κ3) is 3.21. The van der Waals surface area contributed by atoms with Crippen molar-refractivity contribution < 1.29 is 0 Å². The number of aryl methyl sites for hydroxylation is 2. The van der Waals surface area contributed by atoms with Crippen molar-refractivity contribution in [3.63, 3.8) is 0 Å². The average molecular weight is 342 g/mol. The topological polar surface area (TPSA) is 21.1 Å². The van der Waals surface area contributed by atoms with E-state index in [1.807, 2.05) is 0 Å². The molecule has 1 aromatic rings. The van der Waals surface area contributed by atoms with Crippen LogP contribution in [0.4, 0.5) is 5.82 Å². The Kier molecular flexibility index (Phi) is 4.83. The largest absolute Gasteiger partial charge is 0.357 e. The number of hydrogen-bond acceptors (Lipinski definition) is 2. The van der Waals surface area contributed by atoms with E-state index in [1.165, 1.54) is 30.6 Å². The Hall–Kier alpha value is -0.510. The zero-order chi connectivity index (χ0) is 14.9. The maximum absolute atomic E-state index is 4.60. The smallest absolute Gasteiger partial charge is 0.130 e. The lowest BCUT2D eigenvalue weighted by molar-refractivity contribution is 0.220. The fourth-order valence-corrected chi connectivity index (χ4v) is 4.07. The van der Waals surface area contributed by atoms with Crippen LogP contribution in [0.2, 0.25) is 0 Å². The second-order valence-corrected chi connectivity index (χ2v) is 7.69. The van der Waals surface area contributed by atoms with Gasteiger partial charge in [-0.1, -0.05) is 36.7 Å². The number of hydrogen-bond donors (Lipinski definition) is 0. The molecule has 0 bridgehead atoms. The van der Waals surface area contributed by atoms with Gasteiger partial charge in [-0.15, -0.1) is 0 Å². The summed E-state index contributed by atoms with van der Waals surface area (Å²) in [5, 5.41) is 5.49. The van der Waals surface area contributed by atoms with E-state index < -0.39 is 0 Å². The van der Waals surface area contributed by atoms with Gasteiger partial charge in [0.1, 0.15) is 5.82 Å². The van der Waals surface area contributed by atoms with E-state index in [0.717, 1.165) is 30.0 Å². The summed E-state index contributed by atoms with van der Waals surface area (Å²) < 4.78 is 2.06. The first-order valence-electron chi connectivity index (χ1n) is 7.68. The van der Waals surface area contributed by atoms with E-state index in [0.29, 0.717) is 5.41 Å². The summed E-state index contributed by atoms with van der Waals surface area (Å²) >= 11 is 3.62. The fourth-order valence-electron chi connectivity index (χ4n) is 3.42. The molecule has 2 rings (SSSR count). The second-order valence-electron chi connectivity index (χ2n) is 7.13. The van der Waals surface area contributed by atoms with Crippen molar-refractivity contribution in [3.8, 4) is 0 Å². The van der Waals surface area contributed by atoms with Gasteiger partial charge in [-0.05, 0) is 37.5 Å². The SMILES string of the molecule is Cc1nn(C)c(N2CCCC(C(C)(C)C)CC2)c1CBr. The first-order valence-corrected chi connectivity index (χ1v) is 8.80. The predicted molar refractivity (Wildman–Crippen MR) is 89.6 cm³/mol. The van der Waals surface area contributed by atoms with Crippen molar-refractivity contribution in [1.29, 1.82) is 0 Å². The maximum atomic E-state index is 4.60. The maximum Gasteiger partial charge on any atom is 0.130 e. The number of anilines is 1. The van der Waals surface area contributed by atoms with E-state index in [9.17, 15) is 0 Å². The lowest BCUT2D eigenvalue weighted by Crippen LogP contribution is -2.28. The molecule has 3 nitrogen and oxygen atoms in total. The summed E-state index contributed by atoms with van der Waals surface area (Å²) in [4.78, 5) is 2.54. The quantitative estimate of drug-likeness (QED) is 0.748. The van der Waals surface area contributed by atoms with Crippen LogP contribution in [0.5, 0.6) is 0 Å². The number of nitrogens with zero attached hydrogens (tertiary/aromatic N) is 3. The van der Waals surface area contributed by atoms with Gasteiger partial charge in [0.05, 0.1) is 5.69 Å². The Bertz CT molecular complexity index is 459. The molecule has 4 heteroatoms. The molecule has 0 radical (unpaired) electrons. The van der Waals surface area contributed by atoms with Crippen LogP contribution in [0.15, 0.2) is 0 Å². The molecule has 1 aliphatic heterocycles. The zero-order valence-corrected chi connectivity index (χ0v) is 15.1. The molecule has 1 unspecified atom stereocenters. The molecule has 1 atom stereocenters. The fraction of sp³-hybridized carbons (Fsp3) is 0.812. The molecule has 0 spiro atoms. The van der Waals surface area contributed by atoms with Crippen molar-refractivity contribution in [3.05, 3.63) is 11.3 Å². The summed E-state index contributed by atoms with van der Waals surface area (Å²) in [6.45, 7) is 11.6. The molecule has 0 saturated carbocycles. The van der Waals surface area contributed by atoms with Crippen molar-refractivity contribution in [2.75, 3.05) is 18.0 Å². The van der Waals surface area contributed by atoms with Crippen LogP contribution < -0.4 is 4.90 Å². The van der Waals surface area contributed by atoms with Crippen LogP contribution in [0.1, 0.15) is 51.3 Å². The van der Waals surface area contributed by atoms with Gasteiger partial charge >= 0.3 is 0 Å². The molecule has 1 fully saturated rings. The van der Waals surface area contributed by atoms with Gasteiger partial charge in [0.15, 0.2) is 0 Å². The van der Waals surface area contributed by atoms with Gasteiger partial charge in [0.2, 0.25) is 0 Å². The van der Waals surface area contributed by atoms with Crippen LogP contribution in [0, 0.1) is 18.3 Å². The molecule has 1 aromatic heterocycles. The van der Waals surface area contributed by atoms with E-state index in [-0.39, 0.29) is 0 Å². The molecule has 114 valence electrons. The van der Waals surface area contributed by atoms with Crippen LogP contribution >= 0.6 is 15.9 Å². The van der Waals surface area contributed by atoms with Gasteiger partial charge in [0.25, 0.3) is 0 Å². The number of halogens is 1. The first kappa shape index (κ1) is 15.9. The number of aromatic nitrogens is 2. The Labute approximate surface area is 131 Å². The van der Waals surface area contributed by atoms with Gasteiger partial charge < -0.3 is 4.90 Å². The van der Waals surface area contributed by atoms with E-state index in [2.05, 4.69) is 65.4 Å². The van der Waals surface area contributed by atoms with E-state index in [1.54, 1.807) is 0 Å². The highest BCUT2D eigenvalue weighted by molar-refractivity contribution is 9.08. The Morgan fingerprint density at radius 3 is 2.55 bits per heavy atom. The normalized spacial score (nSPS) is 21.1. The van der Waals surface area contributed by atoms with Crippen LogP contribution in [0.3, 0.4) is 0 Å². The molecule has 1 saturated heterocycles. The van der Waals surface area contributed by atoms with Crippen LogP contribution in [-0.2, 0) is 12.4 Å². The molecular formula is C16H28BrN3. The molecule has 20 heavy (non-hydrogen) atoms. The minimum atomic E-state index is 0.427. The molecular weight excluding hydrogens is 314 g/mol. The van der Waals surface area contributed by atoms with Gasteiger partial charge in [-0.3, -0.25) is 4.68 Å². The highest BCUT2D eigenvalue weighted by Gasteiger charge is 2.28. The summed E-state index contributed by atoms with van der Waals surface area (Å²) in [7, 11) is 2.07. The van der Waals surface area contributed by atoms with Crippen LogP contribution in [-0.4, -0.2) is 22.9 Å². The minimum absolute atomic E-state index is 0.427. The predicted octanol–water partition coefficient (Wildman–Crippen LogP) is 4.28. The van der Waals surface area contributed by atoms with Crippen molar-refractivity contribution in [1.82, 2.24) is 9.78 Å². The summed E-state index contributed by atoms with van der Waals surface area (Å²) in [6.07, 6.45) is 3.92. The second kappa shape index (κ2) is 6.08. The minimum Gasteiger partial charge on any atom is -0.357 e. The van der Waals surface area contributed by atoms with Gasteiger partial charge in [0, 0.05) is 31.0 Å². The lowest BCUT2D eigenvalue weighted by atomic mass is 9.77. The van der Waals surface area contributed by atoms with Crippen molar-refractivity contribution in [2.45, 2.75) is 52.3 Å². The summed E-state index contributed by atoms with van der Waals surface area (Å²) in [5.74, 6) is 2.14. The third-order valence-electron chi connectivity index (χ3n) is 4.70. The lowest BCUT2D eigenvalue weighted by Gasteiger charge is -2.30. The van der Waals surface area contributed by atoms with Crippen molar-refractivity contribution >= 4 is 21.7 Å². The van der Waals surface area contributed by atoms with Crippen LogP contribution in [0.25, 0.3) is 0 Å². The summed E-state index contributed by atoms with van der Waals surface area (Å²) in [6, 6.07) is 0. The molecule has 2 heterocycles. The Morgan fingerprint density at radius 1 is 1.25 bits per heavy atom. The molecule has 0 amide bonds. The summed E-state index contributed by atoms with van der Waals surface area (Å²) in [5.41, 5.74) is 2.93. The highest BCUT2D eigenvalue weighted by atomic mass is 79.9.